The smallest absolute Gasteiger partial charge is 0.253 e. The van der Waals surface area contributed by atoms with Gasteiger partial charge in [-0.15, -0.1) is 0 Å². The lowest BCUT2D eigenvalue weighted by molar-refractivity contribution is -0.111. The zero-order valence-corrected chi connectivity index (χ0v) is 31.5. The number of aromatic nitrogens is 4. The maximum atomic E-state index is 12.1. The van der Waals surface area contributed by atoms with Gasteiger partial charge in [0.05, 0.1) is 34.9 Å². The largest absolute Gasteiger partial charge is 0.399 e. The number of nitrogens with two attached hydrogens (primary N) is 1. The number of para-hydroxylation sites is 2. The molecule has 0 atom stereocenters. The summed E-state index contributed by atoms with van der Waals surface area (Å²) in [5, 5.41) is 20.8. The van der Waals surface area contributed by atoms with Crippen molar-refractivity contribution >= 4 is 98.6 Å². The topological polar surface area (TPSA) is 213 Å². The molecule has 0 unspecified atom stereocenters. The van der Waals surface area contributed by atoms with E-state index >= 15 is 0 Å². The Morgan fingerprint density at radius 1 is 0.625 bits per heavy atom. The molecule has 15 nitrogen and oxygen atoms in total. The van der Waals surface area contributed by atoms with Crippen molar-refractivity contribution in [2.24, 2.45) is 0 Å². The van der Waals surface area contributed by atoms with E-state index in [0.29, 0.717) is 67.2 Å². The molecule has 0 spiro atoms. The standard InChI is InChI=1S/C21H19ClN6O2.C18H17ClN6O/c1-3-18(29)25-13-7-6-8-14(11-13)26-21-24-12-16(22)19(28-21)27-17-10-5-4-9-15(17)20(30)23-2;1-21-17(26)13-7-2-3-8-15(13)24-16-14(19)10-22-18(25-16)23-12-6-4-5-11(20)9-12/h3-12H,1H2,2H3,(H,23,30)(H,25,29)(H2,24,26,27,28);2-10H,20H2,1H3,(H,21,26)(H2,22,23,24,25). The number of hydrogen-bond acceptors (Lipinski definition) is 12. The molecule has 56 heavy (non-hydrogen) atoms. The fraction of sp³-hybridized carbons (Fsp3) is 0.0513. The molecule has 284 valence electrons. The van der Waals surface area contributed by atoms with E-state index in [4.69, 9.17) is 28.9 Å². The summed E-state index contributed by atoms with van der Waals surface area (Å²) in [7, 11) is 3.13. The third-order valence-corrected chi connectivity index (χ3v) is 8.06. The van der Waals surface area contributed by atoms with Gasteiger partial charge in [0.1, 0.15) is 10.0 Å². The summed E-state index contributed by atoms with van der Waals surface area (Å²) >= 11 is 12.4. The van der Waals surface area contributed by atoms with Crippen molar-refractivity contribution < 1.29 is 14.4 Å². The van der Waals surface area contributed by atoms with Crippen LogP contribution in [0.5, 0.6) is 0 Å². The van der Waals surface area contributed by atoms with Gasteiger partial charge in [0.2, 0.25) is 17.8 Å². The first-order valence-electron chi connectivity index (χ1n) is 16.7. The van der Waals surface area contributed by atoms with E-state index in [0.717, 1.165) is 5.69 Å². The molecule has 0 aliphatic heterocycles. The molecule has 0 radical (unpaired) electrons. The van der Waals surface area contributed by atoms with Crippen LogP contribution in [0.4, 0.5) is 57.7 Å². The molecule has 2 aromatic heterocycles. The van der Waals surface area contributed by atoms with Gasteiger partial charge in [-0.1, -0.05) is 66.2 Å². The van der Waals surface area contributed by atoms with Crippen molar-refractivity contribution in [1.82, 2.24) is 30.6 Å². The minimum atomic E-state index is -0.309. The third-order valence-electron chi connectivity index (χ3n) is 7.51. The van der Waals surface area contributed by atoms with E-state index in [1.165, 1.54) is 18.5 Å². The molecule has 3 amide bonds. The highest BCUT2D eigenvalue weighted by Gasteiger charge is 2.14. The summed E-state index contributed by atoms with van der Waals surface area (Å²) in [4.78, 5) is 52.7. The Morgan fingerprint density at radius 3 is 1.57 bits per heavy atom. The van der Waals surface area contributed by atoms with Gasteiger partial charge in [-0.25, -0.2) is 9.97 Å². The van der Waals surface area contributed by atoms with Crippen molar-refractivity contribution in [2.45, 2.75) is 0 Å². The molecule has 6 aromatic rings. The van der Waals surface area contributed by atoms with Crippen LogP contribution in [-0.4, -0.2) is 51.8 Å². The first-order chi connectivity index (χ1) is 27.1. The predicted molar refractivity (Wildman–Crippen MR) is 223 cm³/mol. The van der Waals surface area contributed by atoms with Crippen LogP contribution in [0.2, 0.25) is 10.0 Å². The molecule has 2 heterocycles. The van der Waals surface area contributed by atoms with Crippen molar-refractivity contribution in [3.8, 4) is 0 Å². The zero-order chi connectivity index (χ0) is 40.0. The molecule has 17 heteroatoms. The second-order valence-electron chi connectivity index (χ2n) is 11.4. The van der Waals surface area contributed by atoms with E-state index in [-0.39, 0.29) is 23.7 Å². The second kappa shape index (κ2) is 19.2. The van der Waals surface area contributed by atoms with E-state index in [1.54, 1.807) is 93.0 Å². The summed E-state index contributed by atoms with van der Waals surface area (Å²) in [5.41, 5.74) is 10.5. The van der Waals surface area contributed by atoms with Crippen LogP contribution in [0, 0.1) is 0 Å². The Kier molecular flexibility index (Phi) is 13.7. The summed E-state index contributed by atoms with van der Waals surface area (Å²) in [5.74, 6) is 0.588. The highest BCUT2D eigenvalue weighted by atomic mass is 35.5. The Hall–Kier alpha value is -7.23. The number of amides is 3. The zero-order valence-electron chi connectivity index (χ0n) is 30.0. The molecule has 9 N–H and O–H groups in total. The van der Waals surface area contributed by atoms with E-state index < -0.39 is 0 Å². The van der Waals surface area contributed by atoms with Crippen molar-refractivity contribution in [2.75, 3.05) is 46.4 Å². The van der Waals surface area contributed by atoms with Crippen molar-refractivity contribution in [1.29, 1.82) is 0 Å². The third kappa shape index (κ3) is 10.9. The SMILES string of the molecule is C=CC(=O)Nc1cccc(Nc2ncc(Cl)c(Nc3ccccc3C(=O)NC)n2)c1.CNC(=O)c1ccccc1Nc1nc(Nc2cccc(N)c2)ncc1Cl. The maximum Gasteiger partial charge on any atom is 0.253 e. The van der Waals surface area contributed by atoms with Gasteiger partial charge in [-0.2, -0.15) is 9.97 Å². The number of carbonyl (C=O) groups excluding carboxylic acids is 3. The first-order valence-corrected chi connectivity index (χ1v) is 17.5. The number of benzene rings is 4. The summed E-state index contributed by atoms with van der Waals surface area (Å²) in [6.07, 6.45) is 4.12. The quantitative estimate of drug-likeness (QED) is 0.0443. The summed E-state index contributed by atoms with van der Waals surface area (Å²) in [6, 6.07) is 28.4. The highest BCUT2D eigenvalue weighted by Crippen LogP contribution is 2.29. The van der Waals surface area contributed by atoms with E-state index in [1.807, 2.05) is 18.2 Å². The van der Waals surface area contributed by atoms with Gasteiger partial charge in [-0.3, -0.25) is 14.4 Å². The Labute approximate surface area is 332 Å². The number of anilines is 10. The van der Waals surface area contributed by atoms with Crippen LogP contribution in [-0.2, 0) is 4.79 Å². The average molecular weight is 792 g/mol. The molecule has 4 aromatic carbocycles. The molecule has 0 saturated carbocycles. The van der Waals surface area contributed by atoms with Crippen LogP contribution < -0.4 is 43.0 Å². The molecule has 0 saturated heterocycles. The van der Waals surface area contributed by atoms with Crippen molar-refractivity contribution in [3.63, 3.8) is 0 Å². The fourth-order valence-electron chi connectivity index (χ4n) is 4.88. The number of carbonyl (C=O) groups is 3. The number of nitrogens with one attached hydrogen (secondary N) is 7. The van der Waals surface area contributed by atoms with Crippen LogP contribution in [0.15, 0.2) is 122 Å². The second-order valence-corrected chi connectivity index (χ2v) is 12.2. The molecular formula is C39H36Cl2N12O3. The lowest BCUT2D eigenvalue weighted by Gasteiger charge is -2.13. The maximum absolute atomic E-state index is 12.1. The van der Waals surface area contributed by atoms with E-state index in [2.05, 4.69) is 63.7 Å². The Balaban J connectivity index is 0.000000216. The average Bonchev–Trinajstić information content (AvgIpc) is 3.20. The number of halogens is 2. The van der Waals surface area contributed by atoms with Gasteiger partial charge in [0, 0.05) is 36.8 Å². The van der Waals surface area contributed by atoms with Gasteiger partial charge < -0.3 is 43.0 Å². The molecule has 0 fully saturated rings. The van der Waals surface area contributed by atoms with Crippen LogP contribution in [0.25, 0.3) is 0 Å². The molecule has 0 aliphatic carbocycles. The summed E-state index contributed by atoms with van der Waals surface area (Å²) < 4.78 is 0. The fourth-order valence-corrected chi connectivity index (χ4v) is 5.15. The van der Waals surface area contributed by atoms with Gasteiger partial charge in [-0.05, 0) is 66.7 Å². The predicted octanol–water partition coefficient (Wildman–Crippen LogP) is 7.66. The summed E-state index contributed by atoms with van der Waals surface area (Å²) in [6.45, 7) is 3.43. The molecule has 6 rings (SSSR count). The minimum absolute atomic E-state index is 0.212. The molecule has 0 aliphatic rings. The number of rotatable bonds is 12. The lowest BCUT2D eigenvalue weighted by Crippen LogP contribution is -2.19. The monoisotopic (exact) mass is 790 g/mol. The number of hydrogen-bond donors (Lipinski definition) is 8. The minimum Gasteiger partial charge on any atom is -0.399 e. The van der Waals surface area contributed by atoms with Crippen LogP contribution in [0.3, 0.4) is 0 Å². The van der Waals surface area contributed by atoms with Crippen LogP contribution >= 0.6 is 23.2 Å². The highest BCUT2D eigenvalue weighted by molar-refractivity contribution is 6.33. The van der Waals surface area contributed by atoms with Gasteiger partial charge in [0.25, 0.3) is 11.8 Å². The van der Waals surface area contributed by atoms with E-state index in [9.17, 15) is 14.4 Å². The number of nitrogen functional groups attached to an aromatic ring is 1. The molecular weight excluding hydrogens is 755 g/mol. The normalized spacial score (nSPS) is 10.1. The van der Waals surface area contributed by atoms with Crippen LogP contribution in [0.1, 0.15) is 20.7 Å². The Bertz CT molecular complexity index is 2380. The van der Waals surface area contributed by atoms with Gasteiger partial charge >= 0.3 is 0 Å². The lowest BCUT2D eigenvalue weighted by atomic mass is 10.1. The molecule has 0 bridgehead atoms. The first kappa shape index (κ1) is 40.0. The van der Waals surface area contributed by atoms with Gasteiger partial charge in [0.15, 0.2) is 11.6 Å². The number of nitrogens with zero attached hydrogens (tertiary/aromatic N) is 4. The Morgan fingerprint density at radius 2 is 1.09 bits per heavy atom. The van der Waals surface area contributed by atoms with Crippen molar-refractivity contribution in [3.05, 3.63) is 143 Å².